The third-order valence-corrected chi connectivity index (χ3v) is 2.36. The summed E-state index contributed by atoms with van der Waals surface area (Å²) in [6.45, 7) is 0.489. The predicted molar refractivity (Wildman–Crippen MR) is 59.9 cm³/mol. The molecular weight excluding hydrogens is 210 g/mol. The number of nitrogens with zero attached hydrogens (tertiary/aromatic N) is 2. The van der Waals surface area contributed by atoms with E-state index in [1.54, 1.807) is 4.68 Å². The monoisotopic (exact) mass is 221 g/mol. The van der Waals surface area contributed by atoms with Crippen LogP contribution >= 0.6 is 12.2 Å². The zero-order valence-corrected chi connectivity index (χ0v) is 8.87. The molecule has 0 radical (unpaired) electrons. The fourth-order valence-corrected chi connectivity index (χ4v) is 1.56. The van der Waals surface area contributed by atoms with Crippen molar-refractivity contribution < 1.29 is 5.11 Å². The molecular formula is C10H11N3OS. The highest BCUT2D eigenvalue weighted by molar-refractivity contribution is 7.71. The largest absolute Gasteiger partial charge is 0.394 e. The molecule has 0 bridgehead atoms. The maximum absolute atomic E-state index is 8.81. The molecule has 0 atom stereocenters. The normalized spacial score (nSPS) is 10.5. The minimum atomic E-state index is 0.0464. The first-order valence-corrected chi connectivity index (χ1v) is 5.05. The molecule has 15 heavy (non-hydrogen) atoms. The fourth-order valence-electron chi connectivity index (χ4n) is 1.33. The fraction of sp³-hybridized carbons (Fsp3) is 0.200. The van der Waals surface area contributed by atoms with Crippen LogP contribution in [0.1, 0.15) is 0 Å². The van der Waals surface area contributed by atoms with Crippen molar-refractivity contribution in [3.8, 4) is 11.4 Å². The Morgan fingerprint density at radius 1 is 1.33 bits per heavy atom. The number of rotatable bonds is 3. The van der Waals surface area contributed by atoms with E-state index in [1.165, 1.54) is 0 Å². The number of aromatic amines is 1. The Morgan fingerprint density at radius 3 is 2.73 bits per heavy atom. The van der Waals surface area contributed by atoms with Gasteiger partial charge in [0.2, 0.25) is 4.77 Å². The maximum Gasteiger partial charge on any atom is 0.216 e. The van der Waals surface area contributed by atoms with E-state index >= 15 is 0 Å². The Bertz CT molecular complexity index is 489. The van der Waals surface area contributed by atoms with Crippen molar-refractivity contribution in [1.29, 1.82) is 0 Å². The second-order valence-electron chi connectivity index (χ2n) is 3.10. The summed E-state index contributed by atoms with van der Waals surface area (Å²) in [5.41, 5.74) is 0.986. The lowest BCUT2D eigenvalue weighted by Gasteiger charge is -1.97. The number of H-pyrrole nitrogens is 1. The third-order valence-electron chi connectivity index (χ3n) is 2.05. The first kappa shape index (κ1) is 10.1. The van der Waals surface area contributed by atoms with Gasteiger partial charge in [-0.2, -0.15) is 4.98 Å². The van der Waals surface area contributed by atoms with E-state index < -0.39 is 0 Å². The van der Waals surface area contributed by atoms with Crippen molar-refractivity contribution in [2.75, 3.05) is 6.61 Å². The Balaban J connectivity index is 2.39. The molecule has 78 valence electrons. The van der Waals surface area contributed by atoms with Gasteiger partial charge in [0.05, 0.1) is 13.2 Å². The van der Waals surface area contributed by atoms with E-state index in [0.717, 1.165) is 11.4 Å². The predicted octanol–water partition coefficient (Wildman–Crippen LogP) is 1.60. The number of benzene rings is 1. The van der Waals surface area contributed by atoms with Gasteiger partial charge in [0.15, 0.2) is 5.82 Å². The number of hydrogen-bond acceptors (Lipinski definition) is 3. The van der Waals surface area contributed by atoms with Crippen LogP contribution in [0.4, 0.5) is 0 Å². The quantitative estimate of drug-likeness (QED) is 0.774. The minimum absolute atomic E-state index is 0.0464. The van der Waals surface area contributed by atoms with Crippen molar-refractivity contribution >= 4 is 12.2 Å². The summed E-state index contributed by atoms with van der Waals surface area (Å²) >= 11 is 5.05. The smallest absolute Gasteiger partial charge is 0.216 e. The zero-order valence-electron chi connectivity index (χ0n) is 8.05. The van der Waals surface area contributed by atoms with Crippen molar-refractivity contribution in [3.05, 3.63) is 35.1 Å². The Kier molecular flexibility index (Phi) is 2.94. The minimum Gasteiger partial charge on any atom is -0.394 e. The standard InChI is InChI=1S/C10H11N3OS/c14-7-6-13-10(15)11-9(12-13)8-4-2-1-3-5-8/h1-5,14H,6-7H2,(H,11,12,15). The average molecular weight is 221 g/mol. The summed E-state index contributed by atoms with van der Waals surface area (Å²) < 4.78 is 2.11. The Labute approximate surface area is 92.2 Å². The lowest BCUT2D eigenvalue weighted by Crippen LogP contribution is -2.03. The molecule has 0 unspecified atom stereocenters. The Hall–Kier alpha value is -1.46. The maximum atomic E-state index is 8.81. The van der Waals surface area contributed by atoms with E-state index in [0.29, 0.717) is 11.3 Å². The number of nitrogens with one attached hydrogen (secondary N) is 1. The lowest BCUT2D eigenvalue weighted by atomic mass is 10.2. The highest BCUT2D eigenvalue weighted by atomic mass is 32.1. The van der Waals surface area contributed by atoms with Gasteiger partial charge in [-0.1, -0.05) is 30.3 Å². The number of aliphatic hydroxyl groups is 1. The van der Waals surface area contributed by atoms with Crippen molar-refractivity contribution in [1.82, 2.24) is 14.8 Å². The van der Waals surface area contributed by atoms with Gasteiger partial charge in [-0.05, 0) is 12.2 Å². The molecule has 5 heteroatoms. The van der Waals surface area contributed by atoms with Gasteiger partial charge in [0.25, 0.3) is 0 Å². The zero-order chi connectivity index (χ0) is 10.7. The van der Waals surface area contributed by atoms with Crippen LogP contribution in [0, 0.1) is 4.77 Å². The molecule has 0 saturated heterocycles. The van der Waals surface area contributed by atoms with Crippen molar-refractivity contribution in [2.24, 2.45) is 0 Å². The van der Waals surface area contributed by atoms with E-state index in [9.17, 15) is 0 Å². The molecule has 4 nitrogen and oxygen atoms in total. The molecule has 2 N–H and O–H groups in total. The lowest BCUT2D eigenvalue weighted by molar-refractivity contribution is 0.268. The van der Waals surface area contributed by atoms with Gasteiger partial charge < -0.3 is 5.11 Å². The van der Waals surface area contributed by atoms with E-state index in [-0.39, 0.29) is 6.61 Å². The van der Waals surface area contributed by atoms with Crippen LogP contribution in [-0.4, -0.2) is 26.5 Å². The number of aliphatic hydroxyl groups excluding tert-OH is 1. The van der Waals surface area contributed by atoms with Gasteiger partial charge in [-0.25, -0.2) is 0 Å². The van der Waals surface area contributed by atoms with E-state index in [2.05, 4.69) is 10.1 Å². The summed E-state index contributed by atoms with van der Waals surface area (Å²) in [7, 11) is 0. The summed E-state index contributed by atoms with van der Waals surface area (Å²) in [6, 6.07) is 9.74. The highest BCUT2D eigenvalue weighted by Crippen LogP contribution is 2.13. The van der Waals surface area contributed by atoms with Crippen molar-refractivity contribution in [2.45, 2.75) is 6.54 Å². The van der Waals surface area contributed by atoms with Gasteiger partial charge in [0, 0.05) is 5.56 Å². The molecule has 0 spiro atoms. The highest BCUT2D eigenvalue weighted by Gasteiger charge is 2.03. The molecule has 1 heterocycles. The summed E-state index contributed by atoms with van der Waals surface area (Å²) in [5.74, 6) is 0.731. The molecule has 0 aliphatic heterocycles. The average Bonchev–Trinajstić information content (AvgIpc) is 2.63. The van der Waals surface area contributed by atoms with Crippen LogP contribution in [0.2, 0.25) is 0 Å². The summed E-state index contributed by atoms with van der Waals surface area (Å²) in [5, 5.41) is 11.8. The SMILES string of the molecule is OCCn1[nH]c(-c2ccccc2)nc1=S. The van der Waals surface area contributed by atoms with Crippen LogP contribution in [0.3, 0.4) is 0 Å². The molecule has 0 amide bonds. The van der Waals surface area contributed by atoms with Crippen LogP contribution < -0.4 is 0 Å². The van der Waals surface area contributed by atoms with Crippen molar-refractivity contribution in [3.63, 3.8) is 0 Å². The molecule has 1 aromatic carbocycles. The van der Waals surface area contributed by atoms with Crippen LogP contribution in [0.5, 0.6) is 0 Å². The molecule has 0 fully saturated rings. The van der Waals surface area contributed by atoms with Gasteiger partial charge in [-0.3, -0.25) is 9.78 Å². The Morgan fingerprint density at radius 2 is 2.07 bits per heavy atom. The van der Waals surface area contributed by atoms with E-state index in [1.807, 2.05) is 30.3 Å². The molecule has 2 rings (SSSR count). The second kappa shape index (κ2) is 4.37. The molecule has 0 aliphatic carbocycles. The molecule has 0 saturated carbocycles. The number of hydrogen-bond donors (Lipinski definition) is 2. The summed E-state index contributed by atoms with van der Waals surface area (Å²) in [6.07, 6.45) is 0. The van der Waals surface area contributed by atoms with E-state index in [4.69, 9.17) is 17.3 Å². The number of aromatic nitrogens is 3. The van der Waals surface area contributed by atoms with Gasteiger partial charge in [-0.15, -0.1) is 0 Å². The third kappa shape index (κ3) is 2.14. The molecule has 0 aliphatic rings. The van der Waals surface area contributed by atoms with Crippen LogP contribution in [0.15, 0.2) is 30.3 Å². The molecule has 2 aromatic rings. The summed E-state index contributed by atoms with van der Waals surface area (Å²) in [4.78, 5) is 4.21. The van der Waals surface area contributed by atoms with Gasteiger partial charge in [0.1, 0.15) is 0 Å². The molecule has 1 aromatic heterocycles. The van der Waals surface area contributed by atoms with Crippen LogP contribution in [0.25, 0.3) is 11.4 Å². The second-order valence-corrected chi connectivity index (χ2v) is 3.46. The van der Waals surface area contributed by atoms with Gasteiger partial charge >= 0.3 is 0 Å². The topological polar surface area (TPSA) is 53.8 Å². The first-order chi connectivity index (χ1) is 7.31. The first-order valence-electron chi connectivity index (χ1n) is 4.64. The van der Waals surface area contributed by atoms with Crippen LogP contribution in [-0.2, 0) is 6.54 Å².